The van der Waals surface area contributed by atoms with E-state index in [9.17, 15) is 13.6 Å². The topological polar surface area (TPSA) is 63.3 Å². The molecular weight excluding hydrogens is 192 g/mol. The zero-order chi connectivity index (χ0) is 10.7. The van der Waals surface area contributed by atoms with Gasteiger partial charge in [-0.2, -0.15) is 0 Å². The van der Waals surface area contributed by atoms with Gasteiger partial charge in [-0.25, -0.2) is 13.6 Å². The molecule has 1 rings (SSSR count). The van der Waals surface area contributed by atoms with Gasteiger partial charge >= 0.3 is 5.97 Å². The summed E-state index contributed by atoms with van der Waals surface area (Å²) in [4.78, 5) is 10.3. The Balaban J connectivity index is 3.09. The lowest BCUT2D eigenvalue weighted by Gasteiger charge is -1.98. The summed E-state index contributed by atoms with van der Waals surface area (Å²) in [5.74, 6) is -2.93. The van der Waals surface area contributed by atoms with Crippen LogP contribution in [0.15, 0.2) is 23.9 Å². The lowest BCUT2D eigenvalue weighted by Crippen LogP contribution is -2.09. The Morgan fingerprint density at radius 3 is 2.57 bits per heavy atom. The van der Waals surface area contributed by atoms with Gasteiger partial charge in [-0.1, -0.05) is 0 Å². The number of aliphatic carboxylic acids is 1. The monoisotopic (exact) mass is 199 g/mol. The van der Waals surface area contributed by atoms with Crippen molar-refractivity contribution in [3.05, 3.63) is 41.1 Å². The number of carboxylic acids is 1. The van der Waals surface area contributed by atoms with Crippen molar-refractivity contribution in [1.29, 1.82) is 0 Å². The largest absolute Gasteiger partial charge is 0.477 e. The van der Waals surface area contributed by atoms with Gasteiger partial charge in [0.05, 0.1) is 0 Å². The second-order valence-electron chi connectivity index (χ2n) is 2.57. The first-order chi connectivity index (χ1) is 6.50. The molecule has 0 atom stereocenters. The summed E-state index contributed by atoms with van der Waals surface area (Å²) in [6.45, 7) is 0. The fourth-order valence-electron chi connectivity index (χ4n) is 0.848. The lowest BCUT2D eigenvalue weighted by atomic mass is 10.2. The van der Waals surface area contributed by atoms with E-state index in [1.54, 1.807) is 0 Å². The molecule has 0 fully saturated rings. The van der Waals surface area contributed by atoms with Crippen molar-refractivity contribution in [1.82, 2.24) is 0 Å². The maximum Gasteiger partial charge on any atom is 0.351 e. The molecule has 0 unspecified atom stereocenters. The van der Waals surface area contributed by atoms with Crippen LogP contribution < -0.4 is 5.73 Å². The first-order valence-electron chi connectivity index (χ1n) is 3.66. The maximum atomic E-state index is 12.9. The van der Waals surface area contributed by atoms with Crippen LogP contribution in [0.5, 0.6) is 0 Å². The molecule has 14 heavy (non-hydrogen) atoms. The molecule has 0 bridgehead atoms. The number of halogens is 2. The Morgan fingerprint density at radius 1 is 1.43 bits per heavy atom. The van der Waals surface area contributed by atoms with Crippen LogP contribution in [0.4, 0.5) is 8.78 Å². The smallest absolute Gasteiger partial charge is 0.351 e. The standard InChI is InChI=1S/C9H7F2NO2/c10-6-2-1-5(7(11)4-6)3-8(12)9(13)14/h1-4H,12H2,(H,13,14)/b8-3+. The molecule has 74 valence electrons. The highest BCUT2D eigenvalue weighted by Crippen LogP contribution is 2.11. The summed E-state index contributed by atoms with van der Waals surface area (Å²) in [5, 5.41) is 8.40. The molecule has 0 radical (unpaired) electrons. The molecule has 3 N–H and O–H groups in total. The Morgan fingerprint density at radius 2 is 2.07 bits per heavy atom. The summed E-state index contributed by atoms with van der Waals surface area (Å²) in [7, 11) is 0. The van der Waals surface area contributed by atoms with Crippen molar-refractivity contribution in [2.45, 2.75) is 0 Å². The van der Waals surface area contributed by atoms with E-state index in [4.69, 9.17) is 10.8 Å². The lowest BCUT2D eigenvalue weighted by molar-refractivity contribution is -0.132. The molecule has 0 saturated heterocycles. The molecule has 0 aliphatic heterocycles. The molecule has 3 nitrogen and oxygen atoms in total. The Kier molecular flexibility index (Phi) is 2.81. The normalized spacial score (nSPS) is 11.4. The Hall–Kier alpha value is -1.91. The number of benzene rings is 1. The molecule has 0 saturated carbocycles. The molecule has 0 amide bonds. The van der Waals surface area contributed by atoms with Crippen LogP contribution in [-0.2, 0) is 4.79 Å². The number of carbonyl (C=O) groups is 1. The van der Waals surface area contributed by atoms with Crippen LogP contribution in [0.2, 0.25) is 0 Å². The van der Waals surface area contributed by atoms with Gasteiger partial charge in [0.15, 0.2) is 0 Å². The quantitative estimate of drug-likeness (QED) is 0.706. The van der Waals surface area contributed by atoms with Gasteiger partial charge in [0.2, 0.25) is 0 Å². The van der Waals surface area contributed by atoms with E-state index in [2.05, 4.69) is 0 Å². The second kappa shape index (κ2) is 3.87. The minimum absolute atomic E-state index is 0.0636. The molecule has 5 heteroatoms. The van der Waals surface area contributed by atoms with Gasteiger partial charge < -0.3 is 10.8 Å². The van der Waals surface area contributed by atoms with Crippen LogP contribution in [0, 0.1) is 11.6 Å². The number of hydrogen-bond donors (Lipinski definition) is 2. The predicted molar refractivity (Wildman–Crippen MR) is 46.2 cm³/mol. The molecule has 1 aromatic rings. The zero-order valence-corrected chi connectivity index (χ0v) is 7.00. The van der Waals surface area contributed by atoms with Crippen LogP contribution >= 0.6 is 0 Å². The number of rotatable bonds is 2. The third-order valence-corrected chi connectivity index (χ3v) is 1.52. The molecule has 0 aromatic heterocycles. The highest BCUT2D eigenvalue weighted by Gasteiger charge is 2.05. The van der Waals surface area contributed by atoms with Crippen molar-refractivity contribution in [2.75, 3.05) is 0 Å². The van der Waals surface area contributed by atoms with E-state index >= 15 is 0 Å². The SMILES string of the molecule is N/C(=C/c1ccc(F)cc1F)C(=O)O. The molecule has 0 aliphatic carbocycles. The van der Waals surface area contributed by atoms with Gasteiger partial charge in [-0.05, 0) is 18.2 Å². The van der Waals surface area contributed by atoms with Gasteiger partial charge in [-0.15, -0.1) is 0 Å². The van der Waals surface area contributed by atoms with Crippen LogP contribution in [0.25, 0.3) is 6.08 Å². The van der Waals surface area contributed by atoms with Crippen molar-refractivity contribution >= 4 is 12.0 Å². The van der Waals surface area contributed by atoms with Crippen molar-refractivity contribution < 1.29 is 18.7 Å². The highest BCUT2D eigenvalue weighted by atomic mass is 19.1. The average molecular weight is 199 g/mol. The van der Waals surface area contributed by atoms with E-state index < -0.39 is 23.3 Å². The van der Waals surface area contributed by atoms with Gasteiger partial charge in [0, 0.05) is 11.6 Å². The minimum atomic E-state index is -1.35. The predicted octanol–water partition coefficient (Wildman–Crippen LogP) is 1.35. The molecular formula is C9H7F2NO2. The number of carboxylic acid groups (broad SMARTS) is 1. The first kappa shape index (κ1) is 10.2. The summed E-state index contributed by atoms with van der Waals surface area (Å²) in [6.07, 6.45) is 0.928. The third-order valence-electron chi connectivity index (χ3n) is 1.52. The fraction of sp³-hybridized carbons (Fsp3) is 0. The van der Waals surface area contributed by atoms with Gasteiger partial charge in [-0.3, -0.25) is 0 Å². The highest BCUT2D eigenvalue weighted by molar-refractivity contribution is 5.90. The fourth-order valence-corrected chi connectivity index (χ4v) is 0.848. The third kappa shape index (κ3) is 2.29. The van der Waals surface area contributed by atoms with E-state index in [0.29, 0.717) is 6.07 Å². The maximum absolute atomic E-state index is 12.9. The molecule has 0 aliphatic rings. The van der Waals surface area contributed by atoms with E-state index in [-0.39, 0.29) is 5.56 Å². The first-order valence-corrected chi connectivity index (χ1v) is 3.66. The van der Waals surface area contributed by atoms with E-state index in [1.807, 2.05) is 0 Å². The summed E-state index contributed by atoms with van der Waals surface area (Å²) < 4.78 is 25.4. The molecule has 0 spiro atoms. The van der Waals surface area contributed by atoms with Gasteiger partial charge in [0.1, 0.15) is 17.3 Å². The molecule has 0 heterocycles. The number of nitrogens with two attached hydrogens (primary N) is 1. The van der Waals surface area contributed by atoms with E-state index in [0.717, 1.165) is 18.2 Å². The van der Waals surface area contributed by atoms with Gasteiger partial charge in [0.25, 0.3) is 0 Å². The second-order valence-corrected chi connectivity index (χ2v) is 2.57. The number of hydrogen-bond acceptors (Lipinski definition) is 2. The van der Waals surface area contributed by atoms with Crippen molar-refractivity contribution in [2.24, 2.45) is 5.73 Å². The Bertz CT molecular complexity index is 402. The summed E-state index contributed by atoms with van der Waals surface area (Å²) in [5.41, 5.74) is 4.49. The average Bonchev–Trinajstić information content (AvgIpc) is 2.09. The Labute approximate surface area is 78.5 Å². The van der Waals surface area contributed by atoms with Crippen LogP contribution in [0.3, 0.4) is 0 Å². The van der Waals surface area contributed by atoms with Crippen molar-refractivity contribution in [3.8, 4) is 0 Å². The minimum Gasteiger partial charge on any atom is -0.477 e. The van der Waals surface area contributed by atoms with E-state index in [1.165, 1.54) is 0 Å². The summed E-state index contributed by atoms with van der Waals surface area (Å²) in [6, 6.07) is 2.78. The summed E-state index contributed by atoms with van der Waals surface area (Å²) >= 11 is 0. The zero-order valence-electron chi connectivity index (χ0n) is 7.00. The van der Waals surface area contributed by atoms with Crippen LogP contribution in [0.1, 0.15) is 5.56 Å². The van der Waals surface area contributed by atoms with Crippen molar-refractivity contribution in [3.63, 3.8) is 0 Å². The van der Waals surface area contributed by atoms with Crippen LogP contribution in [-0.4, -0.2) is 11.1 Å². The molecule has 1 aromatic carbocycles.